The Balaban J connectivity index is 0.845. The van der Waals surface area contributed by atoms with Crippen LogP contribution in [0.25, 0.3) is 43.4 Å². The van der Waals surface area contributed by atoms with Gasteiger partial charge in [0.05, 0.1) is 36.2 Å². The molecule has 10 bridgehead atoms. The molecule has 4 aliphatic rings. The number of aromatic nitrogens is 7. The number of primary amides is 1. The molecule has 102 heavy (non-hydrogen) atoms. The molecule has 3 aliphatic heterocycles. The number of carbonyl (C=O) groups is 8. The van der Waals surface area contributed by atoms with Crippen LogP contribution in [0.2, 0.25) is 0 Å². The second-order valence-corrected chi connectivity index (χ2v) is 31.0. The highest BCUT2D eigenvalue weighted by Crippen LogP contribution is 2.43. The summed E-state index contributed by atoms with van der Waals surface area (Å²) in [5, 5.41) is 58.1. The van der Waals surface area contributed by atoms with E-state index in [1.165, 1.54) is 49.7 Å². The molecule has 7 aromatic heterocycles. The van der Waals surface area contributed by atoms with E-state index in [9.17, 15) is 48.9 Å². The summed E-state index contributed by atoms with van der Waals surface area (Å²) in [4.78, 5) is 146. The zero-order chi connectivity index (χ0) is 71.3. The van der Waals surface area contributed by atoms with Crippen LogP contribution in [0.3, 0.4) is 0 Å². The molecule has 1 aliphatic carbocycles. The number of benzene rings is 2. The van der Waals surface area contributed by atoms with Gasteiger partial charge in [-0.05, 0) is 93.2 Å². The van der Waals surface area contributed by atoms with Crippen molar-refractivity contribution in [1.29, 1.82) is 0 Å². The maximum absolute atomic E-state index is 15.5. The Morgan fingerprint density at radius 3 is 2.12 bits per heavy atom. The zero-order valence-corrected chi connectivity index (χ0v) is 59.8. The molecule has 0 unspecified atom stereocenters. The van der Waals surface area contributed by atoms with E-state index in [0.29, 0.717) is 108 Å². The lowest BCUT2D eigenvalue weighted by Gasteiger charge is -2.29. The van der Waals surface area contributed by atoms with E-state index in [0.717, 1.165) is 66.5 Å². The van der Waals surface area contributed by atoms with Crippen molar-refractivity contribution in [2.75, 3.05) is 32.9 Å². The number of thiazole rings is 6. The van der Waals surface area contributed by atoms with E-state index in [4.69, 9.17) is 40.1 Å². The minimum absolute atomic E-state index is 0.0370. The molecular weight excluding hydrogens is 1430 g/mol. The molecule has 10 N–H and O–H groups in total. The molecule has 9 aromatic rings. The monoisotopic (exact) mass is 1490 g/mol. The molecule has 0 spiro atoms. The van der Waals surface area contributed by atoms with Gasteiger partial charge >= 0.3 is 5.97 Å². The number of aliphatic carboxylic acids is 1. The maximum Gasteiger partial charge on any atom is 0.306 e. The summed E-state index contributed by atoms with van der Waals surface area (Å²) in [5.41, 5.74) is 8.68. The molecule has 2 aromatic carbocycles. The number of amides is 7. The number of pyridine rings is 1. The first-order valence-electron chi connectivity index (χ1n) is 33.1. The Labute approximate surface area is 607 Å². The number of nitrogens with two attached hydrogens (primary N) is 1. The molecule has 10 heterocycles. The second kappa shape index (κ2) is 31.6. The van der Waals surface area contributed by atoms with Gasteiger partial charge in [-0.25, -0.2) is 34.9 Å². The Bertz CT molecular complexity index is 4580. The van der Waals surface area contributed by atoms with Crippen molar-refractivity contribution in [1.82, 2.24) is 66.4 Å². The summed E-state index contributed by atoms with van der Waals surface area (Å²) < 4.78 is 11.3. The van der Waals surface area contributed by atoms with Gasteiger partial charge in [-0.3, -0.25) is 38.4 Å². The molecule has 1 saturated carbocycles. The summed E-state index contributed by atoms with van der Waals surface area (Å²) in [6.45, 7) is 5.06. The van der Waals surface area contributed by atoms with Gasteiger partial charge in [-0.15, -0.1) is 68.0 Å². The van der Waals surface area contributed by atoms with Crippen molar-refractivity contribution >= 4 is 115 Å². The van der Waals surface area contributed by atoms with Gasteiger partial charge in [0.2, 0.25) is 11.8 Å². The second-order valence-electron chi connectivity index (χ2n) is 25.4. The van der Waals surface area contributed by atoms with Crippen LogP contribution in [0, 0.1) is 24.7 Å². The first-order chi connectivity index (χ1) is 49.3. The average molecular weight is 1500 g/mol. The van der Waals surface area contributed by atoms with E-state index in [2.05, 4.69) is 36.6 Å². The van der Waals surface area contributed by atoms with Gasteiger partial charge in [0.1, 0.15) is 93.8 Å². The van der Waals surface area contributed by atoms with Crippen LogP contribution in [0.1, 0.15) is 156 Å². The largest absolute Gasteiger partial charge is 0.484 e. The third-order valence-electron chi connectivity index (χ3n) is 18.4. The molecule has 3 fully saturated rings. The quantitative estimate of drug-likeness (QED) is 0.0439. The van der Waals surface area contributed by atoms with Crippen LogP contribution < -0.4 is 37.1 Å². The van der Waals surface area contributed by atoms with Crippen molar-refractivity contribution in [3.8, 4) is 49.1 Å². The summed E-state index contributed by atoms with van der Waals surface area (Å²) in [5.74, 6) is -5.21. The predicted octanol–water partition coefficient (Wildman–Crippen LogP) is 8.27. The van der Waals surface area contributed by atoms with Gasteiger partial charge in [-0.2, -0.15) is 0 Å². The van der Waals surface area contributed by atoms with Crippen LogP contribution in [0.5, 0.6) is 5.75 Å². The van der Waals surface area contributed by atoms with E-state index < -0.39 is 96.0 Å². The van der Waals surface area contributed by atoms with Crippen molar-refractivity contribution in [2.45, 2.75) is 114 Å². The number of carbonyl (C=O) groups excluding carboxylic acids is 7. The van der Waals surface area contributed by atoms with Crippen molar-refractivity contribution in [3.63, 3.8) is 0 Å². The van der Waals surface area contributed by atoms with Crippen molar-refractivity contribution in [3.05, 3.63) is 147 Å². The van der Waals surface area contributed by atoms with Crippen LogP contribution in [-0.2, 0) is 30.3 Å². The number of aryl methyl sites for hydroxylation is 1. The summed E-state index contributed by atoms with van der Waals surface area (Å²) in [7, 11) is 0. The third kappa shape index (κ3) is 16.3. The Morgan fingerprint density at radius 2 is 1.36 bits per heavy atom. The normalized spacial score (nSPS) is 21.6. The standard InChI is InChI=1S/C69H70N14O13S6/c1-33-50(84)26-83-56(33)67-80-49(32-101-67)64-76-45(28-98-64)54-41(16-17-42(73-54)63-78-46(30-99-63)58(88)72-39-12-10-38(11-13-39)69(93)94)62-77-47(29-97-62)59(89)74-43(25-51(70)85)65-82-53(34(2)102-65)61(91)81-55(57(87)37-6-4-3-5-7-37)66-79-48(31-100-66)60(90)75-44(68(83)92)24-36-8-14-40(15-9-36)96-27-52(86)71-21-18-35-19-22-95-23-20-35/h3-9,14-17,28-33,35,38-39,43-44,50,55-57,84,87H,10-13,18-27H2,1-2H3,(H2,70,85)(H,71,86)(H,72,88)(H,74,89)(H,75,90)(H,81,91)(H,93,94)/t33-,38?,39?,43-,44-,50-,55-,56-,57+/m0/s1. The lowest BCUT2D eigenvalue weighted by Crippen LogP contribution is -2.50. The summed E-state index contributed by atoms with van der Waals surface area (Å²) in [6.07, 6.45) is 1.75. The Kier molecular flexibility index (Phi) is 22.1. The molecule has 33 heteroatoms. The Morgan fingerprint density at radius 1 is 0.696 bits per heavy atom. The number of hydrogen-bond acceptors (Lipinski definition) is 25. The highest BCUT2D eigenvalue weighted by atomic mass is 32.1. The molecule has 7 atom stereocenters. The Hall–Kier alpha value is -9.19. The number of nitrogens with zero attached hydrogens (tertiary/aromatic N) is 8. The fourth-order valence-corrected chi connectivity index (χ4v) is 18.1. The van der Waals surface area contributed by atoms with Crippen LogP contribution in [0.4, 0.5) is 0 Å². The summed E-state index contributed by atoms with van der Waals surface area (Å²) in [6, 6.07) is 14.0. The zero-order valence-electron chi connectivity index (χ0n) is 54.9. The summed E-state index contributed by atoms with van der Waals surface area (Å²) >= 11 is 6.88. The lowest BCUT2D eigenvalue weighted by atomic mass is 9.86. The van der Waals surface area contributed by atoms with Gasteiger partial charge in [0.25, 0.3) is 29.5 Å². The van der Waals surface area contributed by atoms with Crippen LogP contribution in [-0.4, -0.2) is 154 Å². The average Bonchev–Trinajstić information content (AvgIpc) is 1.61. The number of ether oxygens (including phenoxy) is 2. The van der Waals surface area contributed by atoms with E-state index in [1.807, 2.05) is 6.92 Å². The van der Waals surface area contributed by atoms with E-state index >= 15 is 4.79 Å². The molecule has 2 saturated heterocycles. The molecule has 13 rings (SSSR count). The van der Waals surface area contributed by atoms with Gasteiger partial charge < -0.3 is 62.0 Å². The number of aliphatic hydroxyl groups is 2. The number of aliphatic hydroxyl groups excluding tert-OH is 2. The van der Waals surface area contributed by atoms with E-state index in [1.54, 1.807) is 89.8 Å². The van der Waals surface area contributed by atoms with Crippen molar-refractivity contribution in [2.24, 2.45) is 23.5 Å². The number of carboxylic acid groups (broad SMARTS) is 1. The van der Waals surface area contributed by atoms with Gasteiger partial charge in [-0.1, -0.05) is 49.4 Å². The predicted molar refractivity (Wildman–Crippen MR) is 382 cm³/mol. The molecule has 0 radical (unpaired) electrons. The number of hydrogen-bond donors (Lipinski definition) is 9. The highest BCUT2D eigenvalue weighted by Gasteiger charge is 2.46. The fourth-order valence-electron chi connectivity index (χ4n) is 12.8. The molecule has 530 valence electrons. The minimum Gasteiger partial charge on any atom is -0.484 e. The number of fused-ring (bicyclic) bond motifs is 16. The number of rotatable bonds is 16. The third-order valence-corrected chi connectivity index (χ3v) is 24.0. The minimum atomic E-state index is -1.44. The van der Waals surface area contributed by atoms with Gasteiger partial charge in [0.15, 0.2) is 6.61 Å². The lowest BCUT2D eigenvalue weighted by molar-refractivity contribution is -0.143. The molecule has 7 amide bonds. The smallest absolute Gasteiger partial charge is 0.306 e. The maximum atomic E-state index is 15.5. The SMILES string of the molecule is Cc1sc2nc1C(=O)N[C@@H]([C@H](O)c1ccccc1)c1nc(cs1)C(=O)N[C@@H](Cc1ccc(OCC(=O)NCCC3CCOCC3)cc1)C(=O)N1C[C@H](O)[C@H](C)[C@H]1c1nc(cs1)-c1nc(cs1)-c1nc(-c3nc(C(=O)NC4CCC(C(=O)O)CC4)cs3)ccc1-c1nc(cs1)C(=O)N[C@H]2CC(N)=O. The van der Waals surface area contributed by atoms with E-state index in [-0.39, 0.29) is 64.3 Å². The van der Waals surface area contributed by atoms with Crippen LogP contribution >= 0.6 is 68.0 Å². The highest BCUT2D eigenvalue weighted by molar-refractivity contribution is 7.15. The van der Waals surface area contributed by atoms with Gasteiger partial charge in [0, 0.05) is 82.0 Å². The molecule has 27 nitrogen and oxygen atoms in total. The number of carboxylic acids is 1. The first kappa shape index (κ1) is 71.2. The fraction of sp³-hybridized carbons (Fsp3) is 0.377. The number of nitrogens with one attached hydrogen (secondary N) is 5. The van der Waals surface area contributed by atoms with Crippen molar-refractivity contribution < 1.29 is 63.1 Å². The van der Waals surface area contributed by atoms with Crippen LogP contribution in [0.15, 0.2) is 93.6 Å². The first-order valence-corrected chi connectivity index (χ1v) is 38.3. The topological polar surface area (TPSA) is 395 Å². The molecular formula is C69H70N14O13S6.